The number of esters is 1. The van der Waals surface area contributed by atoms with Crippen LogP contribution in [0.5, 0.6) is 0 Å². The van der Waals surface area contributed by atoms with Crippen LogP contribution < -0.4 is 0 Å². The van der Waals surface area contributed by atoms with Crippen LogP contribution in [0, 0.1) is 11.8 Å². The molecule has 0 aromatic carbocycles. The summed E-state index contributed by atoms with van der Waals surface area (Å²) in [6.07, 6.45) is 3.83. The number of Topliss-reactive ketones (excluding diaryl/α,β-unsaturated/α-hetero) is 1. The molecule has 1 aliphatic carbocycles. The highest BCUT2D eigenvalue weighted by molar-refractivity contribution is 5.83. The van der Waals surface area contributed by atoms with Crippen molar-refractivity contribution in [2.45, 2.75) is 59.0 Å². The van der Waals surface area contributed by atoms with Crippen molar-refractivity contribution in [3.05, 3.63) is 0 Å². The Hall–Kier alpha value is -0.900. The van der Waals surface area contributed by atoms with Crippen molar-refractivity contribution in [1.82, 2.24) is 0 Å². The molecule has 0 saturated heterocycles. The van der Waals surface area contributed by atoms with Gasteiger partial charge in [-0.1, -0.05) is 13.8 Å². The van der Waals surface area contributed by atoms with Crippen LogP contribution in [-0.2, 0) is 19.1 Å². The molecule has 1 aliphatic rings. The fourth-order valence-corrected chi connectivity index (χ4v) is 2.41. The summed E-state index contributed by atoms with van der Waals surface area (Å²) in [7, 11) is 0. The molecule has 0 heterocycles. The van der Waals surface area contributed by atoms with Crippen LogP contribution in [-0.4, -0.2) is 31.1 Å². The van der Waals surface area contributed by atoms with Gasteiger partial charge in [0.1, 0.15) is 6.61 Å². The van der Waals surface area contributed by atoms with E-state index in [0.717, 1.165) is 18.8 Å². The van der Waals surface area contributed by atoms with Crippen molar-refractivity contribution >= 4 is 11.8 Å². The van der Waals surface area contributed by atoms with E-state index in [0.29, 0.717) is 12.5 Å². The Balaban J connectivity index is 2.15. The van der Waals surface area contributed by atoms with Crippen molar-refractivity contribution in [2.24, 2.45) is 11.8 Å². The summed E-state index contributed by atoms with van der Waals surface area (Å²) in [5, 5.41) is 0. The van der Waals surface area contributed by atoms with Gasteiger partial charge >= 0.3 is 5.97 Å². The van der Waals surface area contributed by atoms with E-state index in [4.69, 9.17) is 9.47 Å². The normalized spacial score (nSPS) is 27.0. The molecule has 1 rings (SSSR count). The first-order chi connectivity index (χ1) is 9.02. The maximum Gasteiger partial charge on any atom is 0.306 e. The number of carbonyl (C=O) groups is 2. The largest absolute Gasteiger partial charge is 0.466 e. The Bertz CT molecular complexity index is 301. The number of ether oxygens (including phenoxy) is 2. The summed E-state index contributed by atoms with van der Waals surface area (Å²) >= 11 is 0. The number of hydrogen-bond donors (Lipinski definition) is 0. The number of hydrogen-bond acceptors (Lipinski definition) is 4. The summed E-state index contributed by atoms with van der Waals surface area (Å²) in [4.78, 5) is 22.7. The fourth-order valence-electron chi connectivity index (χ4n) is 2.41. The van der Waals surface area contributed by atoms with Crippen LogP contribution in [0.15, 0.2) is 0 Å². The summed E-state index contributed by atoms with van der Waals surface area (Å²) in [6, 6.07) is 0. The van der Waals surface area contributed by atoms with Gasteiger partial charge in [0.15, 0.2) is 5.78 Å². The molecule has 0 N–H and O–H groups in total. The SMILES string of the molecule is CCOC(=O)CCC(=O)COC1CCC(C)C(C)C1. The van der Waals surface area contributed by atoms with Crippen LogP contribution in [0.1, 0.15) is 52.9 Å². The Morgan fingerprint density at radius 2 is 1.84 bits per heavy atom. The Morgan fingerprint density at radius 3 is 2.47 bits per heavy atom. The average Bonchev–Trinajstić information content (AvgIpc) is 2.38. The maximum absolute atomic E-state index is 11.6. The molecule has 110 valence electrons. The Kier molecular flexibility index (Phi) is 7.06. The second-order valence-corrected chi connectivity index (χ2v) is 5.54. The molecule has 0 bridgehead atoms. The number of rotatable bonds is 7. The number of ketones is 1. The molecule has 4 heteroatoms. The van der Waals surface area contributed by atoms with Crippen LogP contribution in [0.4, 0.5) is 0 Å². The predicted molar refractivity (Wildman–Crippen MR) is 72.8 cm³/mol. The molecular formula is C15H26O4. The molecule has 1 saturated carbocycles. The minimum atomic E-state index is -0.309. The zero-order chi connectivity index (χ0) is 14.3. The first-order valence-electron chi connectivity index (χ1n) is 7.31. The summed E-state index contributed by atoms with van der Waals surface area (Å²) in [5.74, 6) is 1.09. The third kappa shape index (κ3) is 6.19. The van der Waals surface area contributed by atoms with E-state index in [1.165, 1.54) is 6.42 Å². The van der Waals surface area contributed by atoms with E-state index in [1.807, 2.05) is 0 Å². The van der Waals surface area contributed by atoms with Crippen LogP contribution in [0.25, 0.3) is 0 Å². The van der Waals surface area contributed by atoms with Crippen molar-refractivity contribution in [2.75, 3.05) is 13.2 Å². The lowest BCUT2D eigenvalue weighted by Crippen LogP contribution is -2.28. The monoisotopic (exact) mass is 270 g/mol. The van der Waals surface area contributed by atoms with E-state index < -0.39 is 0 Å². The molecular weight excluding hydrogens is 244 g/mol. The van der Waals surface area contributed by atoms with Crippen LogP contribution in [0.3, 0.4) is 0 Å². The summed E-state index contributed by atoms with van der Waals surface area (Å²) in [5.41, 5.74) is 0. The minimum Gasteiger partial charge on any atom is -0.466 e. The highest BCUT2D eigenvalue weighted by Gasteiger charge is 2.25. The molecule has 0 aliphatic heterocycles. The number of carbonyl (C=O) groups excluding carboxylic acids is 2. The minimum absolute atomic E-state index is 0.0145. The van der Waals surface area contributed by atoms with Crippen molar-refractivity contribution in [3.8, 4) is 0 Å². The van der Waals surface area contributed by atoms with E-state index in [-0.39, 0.29) is 37.3 Å². The van der Waals surface area contributed by atoms with E-state index in [1.54, 1.807) is 6.92 Å². The molecule has 4 nitrogen and oxygen atoms in total. The van der Waals surface area contributed by atoms with Gasteiger partial charge < -0.3 is 9.47 Å². The third-order valence-electron chi connectivity index (χ3n) is 3.94. The third-order valence-corrected chi connectivity index (χ3v) is 3.94. The smallest absolute Gasteiger partial charge is 0.306 e. The lowest BCUT2D eigenvalue weighted by molar-refractivity contribution is -0.144. The van der Waals surface area contributed by atoms with Gasteiger partial charge in [0, 0.05) is 6.42 Å². The quantitative estimate of drug-likeness (QED) is 0.667. The molecule has 0 radical (unpaired) electrons. The van der Waals surface area contributed by atoms with E-state index in [9.17, 15) is 9.59 Å². The van der Waals surface area contributed by atoms with E-state index in [2.05, 4.69) is 13.8 Å². The van der Waals surface area contributed by atoms with Crippen molar-refractivity contribution < 1.29 is 19.1 Å². The standard InChI is InChI=1S/C15H26O4/c1-4-18-15(17)8-6-13(16)10-19-14-7-5-11(2)12(3)9-14/h11-12,14H,4-10H2,1-3H3. The zero-order valence-electron chi connectivity index (χ0n) is 12.3. The summed E-state index contributed by atoms with van der Waals surface area (Å²) in [6.45, 7) is 6.76. The Morgan fingerprint density at radius 1 is 1.11 bits per heavy atom. The first-order valence-corrected chi connectivity index (χ1v) is 7.31. The van der Waals surface area contributed by atoms with Gasteiger partial charge in [-0.25, -0.2) is 0 Å². The van der Waals surface area contributed by atoms with Gasteiger partial charge in [0.25, 0.3) is 0 Å². The van der Waals surface area contributed by atoms with E-state index >= 15 is 0 Å². The molecule has 3 unspecified atom stereocenters. The van der Waals surface area contributed by atoms with Gasteiger partial charge in [0.05, 0.1) is 19.1 Å². The molecule has 0 aromatic heterocycles. The molecule has 3 atom stereocenters. The van der Waals surface area contributed by atoms with Gasteiger partial charge in [0.2, 0.25) is 0 Å². The Labute approximate surface area is 115 Å². The molecule has 0 spiro atoms. The molecule has 0 aromatic rings. The summed E-state index contributed by atoms with van der Waals surface area (Å²) < 4.78 is 10.4. The topological polar surface area (TPSA) is 52.6 Å². The fraction of sp³-hybridized carbons (Fsp3) is 0.867. The second kappa shape index (κ2) is 8.31. The lowest BCUT2D eigenvalue weighted by Gasteiger charge is -2.31. The van der Waals surface area contributed by atoms with Crippen molar-refractivity contribution in [1.29, 1.82) is 0 Å². The lowest BCUT2D eigenvalue weighted by atomic mass is 9.80. The highest BCUT2D eigenvalue weighted by Crippen LogP contribution is 2.30. The van der Waals surface area contributed by atoms with Crippen LogP contribution in [0.2, 0.25) is 0 Å². The van der Waals surface area contributed by atoms with Crippen molar-refractivity contribution in [3.63, 3.8) is 0 Å². The maximum atomic E-state index is 11.6. The zero-order valence-corrected chi connectivity index (χ0v) is 12.3. The van der Waals surface area contributed by atoms with Gasteiger partial charge in [-0.2, -0.15) is 0 Å². The van der Waals surface area contributed by atoms with Crippen LogP contribution >= 0.6 is 0 Å². The average molecular weight is 270 g/mol. The highest BCUT2D eigenvalue weighted by atomic mass is 16.5. The predicted octanol–water partition coefficient (Wildman–Crippen LogP) is 2.74. The molecule has 0 amide bonds. The van der Waals surface area contributed by atoms with Gasteiger partial charge in [-0.15, -0.1) is 0 Å². The molecule has 1 fully saturated rings. The second-order valence-electron chi connectivity index (χ2n) is 5.54. The first kappa shape index (κ1) is 16.2. The van der Waals surface area contributed by atoms with Gasteiger partial charge in [-0.05, 0) is 38.0 Å². The van der Waals surface area contributed by atoms with Gasteiger partial charge in [-0.3, -0.25) is 9.59 Å². The molecule has 19 heavy (non-hydrogen) atoms.